The van der Waals surface area contributed by atoms with E-state index in [1.807, 2.05) is 109 Å². The number of benzene rings is 3. The van der Waals surface area contributed by atoms with Gasteiger partial charge in [0.25, 0.3) is 5.91 Å². The van der Waals surface area contributed by atoms with Crippen LogP contribution in [-0.2, 0) is 0 Å². The van der Waals surface area contributed by atoms with Crippen LogP contribution in [0.15, 0.2) is 78.9 Å². The van der Waals surface area contributed by atoms with Crippen molar-refractivity contribution in [3.8, 4) is 28.1 Å². The maximum atomic E-state index is 12.6. The third-order valence-corrected chi connectivity index (χ3v) is 6.39. The number of amides is 1. The van der Waals surface area contributed by atoms with Crippen LogP contribution in [-0.4, -0.2) is 59.5 Å². The Morgan fingerprint density at radius 2 is 1.72 bits per heavy atom. The molecule has 4 rings (SSSR count). The summed E-state index contributed by atoms with van der Waals surface area (Å²) in [7, 11) is 3.96. The number of para-hydroxylation sites is 1. The molecule has 186 valence electrons. The fourth-order valence-electron chi connectivity index (χ4n) is 3.92. The highest BCUT2D eigenvalue weighted by Crippen LogP contribution is 2.31. The lowest BCUT2D eigenvalue weighted by molar-refractivity contribution is 0.0951. The van der Waals surface area contributed by atoms with Crippen LogP contribution in [0.25, 0.3) is 28.1 Å². The van der Waals surface area contributed by atoms with Gasteiger partial charge in [0.1, 0.15) is 0 Å². The van der Waals surface area contributed by atoms with Crippen LogP contribution < -0.4 is 5.32 Å². The lowest BCUT2D eigenvalue weighted by Gasteiger charge is -2.12. The third kappa shape index (κ3) is 5.85. The quantitative estimate of drug-likeness (QED) is 0.328. The fraction of sp³-hybridized carbons (Fsp3) is 0.241. The van der Waals surface area contributed by atoms with Gasteiger partial charge < -0.3 is 15.3 Å². The van der Waals surface area contributed by atoms with Crippen LogP contribution in [0.1, 0.15) is 28.9 Å². The number of hydrogen-bond donors (Lipinski definition) is 2. The number of halogens is 1. The topological polar surface area (TPSA) is 70.4 Å². The number of nitrogens with zero attached hydrogens (tertiary/aromatic N) is 3. The zero-order chi connectivity index (χ0) is 25.7. The Morgan fingerprint density at radius 1 is 1.00 bits per heavy atom. The highest BCUT2D eigenvalue weighted by atomic mass is 35.5. The summed E-state index contributed by atoms with van der Waals surface area (Å²) in [5, 5.41) is 18.0. The predicted octanol–water partition coefficient (Wildman–Crippen LogP) is 5.25. The number of carbonyl (C=O) groups is 1. The SMILES string of the molecule is CC(CO)c1cc(-c2ccc(-c3cccc(C(=O)NCCN(C)C)c3)cc2)n(-c2ccccc2Cl)n1. The molecule has 0 radical (unpaired) electrons. The summed E-state index contributed by atoms with van der Waals surface area (Å²) in [4.78, 5) is 14.6. The molecule has 0 bridgehead atoms. The van der Waals surface area contributed by atoms with E-state index in [4.69, 9.17) is 16.7 Å². The first kappa shape index (κ1) is 25.6. The molecule has 3 aromatic carbocycles. The van der Waals surface area contributed by atoms with Gasteiger partial charge in [-0.15, -0.1) is 0 Å². The molecule has 1 atom stereocenters. The van der Waals surface area contributed by atoms with Crippen molar-refractivity contribution in [2.45, 2.75) is 12.8 Å². The molecule has 1 amide bonds. The number of nitrogens with one attached hydrogen (secondary N) is 1. The minimum atomic E-state index is -0.0987. The number of rotatable bonds is 9. The highest BCUT2D eigenvalue weighted by Gasteiger charge is 2.17. The minimum Gasteiger partial charge on any atom is -0.396 e. The molecule has 0 saturated heterocycles. The molecule has 0 saturated carbocycles. The van der Waals surface area contributed by atoms with E-state index >= 15 is 0 Å². The largest absolute Gasteiger partial charge is 0.396 e. The van der Waals surface area contributed by atoms with Gasteiger partial charge in [-0.1, -0.05) is 67.1 Å². The van der Waals surface area contributed by atoms with Crippen molar-refractivity contribution >= 4 is 17.5 Å². The minimum absolute atomic E-state index is 0.0109. The summed E-state index contributed by atoms with van der Waals surface area (Å²) in [6.07, 6.45) is 0. The Morgan fingerprint density at radius 3 is 2.42 bits per heavy atom. The molecular formula is C29H31ClN4O2. The molecule has 0 aliphatic carbocycles. The summed E-state index contributed by atoms with van der Waals surface area (Å²) in [6.45, 7) is 3.34. The lowest BCUT2D eigenvalue weighted by atomic mass is 10.00. The van der Waals surface area contributed by atoms with Gasteiger partial charge in [-0.3, -0.25) is 4.79 Å². The Hall–Kier alpha value is -3.45. The monoisotopic (exact) mass is 502 g/mol. The van der Waals surface area contributed by atoms with Crippen molar-refractivity contribution in [1.82, 2.24) is 20.0 Å². The lowest BCUT2D eigenvalue weighted by Crippen LogP contribution is -2.31. The molecule has 1 unspecified atom stereocenters. The van der Waals surface area contributed by atoms with Crippen molar-refractivity contribution in [1.29, 1.82) is 0 Å². The average molecular weight is 503 g/mol. The van der Waals surface area contributed by atoms with Crippen LogP contribution in [0.2, 0.25) is 5.02 Å². The van der Waals surface area contributed by atoms with Gasteiger partial charge in [-0.25, -0.2) is 4.68 Å². The highest BCUT2D eigenvalue weighted by molar-refractivity contribution is 6.32. The maximum Gasteiger partial charge on any atom is 0.251 e. The molecule has 1 aromatic heterocycles. The van der Waals surface area contributed by atoms with Crippen molar-refractivity contribution < 1.29 is 9.90 Å². The van der Waals surface area contributed by atoms with E-state index in [2.05, 4.69) is 5.32 Å². The molecule has 6 nitrogen and oxygen atoms in total. The molecule has 1 heterocycles. The van der Waals surface area contributed by atoms with Gasteiger partial charge in [0, 0.05) is 30.1 Å². The third-order valence-electron chi connectivity index (χ3n) is 6.07. The molecule has 0 aliphatic rings. The molecule has 36 heavy (non-hydrogen) atoms. The Bertz CT molecular complexity index is 1330. The van der Waals surface area contributed by atoms with Crippen LogP contribution in [0.3, 0.4) is 0 Å². The second kappa shape index (κ2) is 11.5. The van der Waals surface area contributed by atoms with E-state index in [1.54, 1.807) is 0 Å². The first-order chi connectivity index (χ1) is 17.4. The van der Waals surface area contributed by atoms with E-state index < -0.39 is 0 Å². The molecule has 4 aromatic rings. The summed E-state index contributed by atoms with van der Waals surface area (Å²) in [5.41, 5.74) is 6.05. The van der Waals surface area contributed by atoms with Crippen LogP contribution in [0.4, 0.5) is 0 Å². The van der Waals surface area contributed by atoms with Crippen LogP contribution >= 0.6 is 11.6 Å². The zero-order valence-electron chi connectivity index (χ0n) is 20.8. The van der Waals surface area contributed by atoms with Crippen molar-refractivity contribution in [3.05, 3.63) is 95.1 Å². The Balaban J connectivity index is 1.63. The van der Waals surface area contributed by atoms with Gasteiger partial charge in [0.2, 0.25) is 0 Å². The van der Waals surface area contributed by atoms with Crippen LogP contribution in [0.5, 0.6) is 0 Å². The Labute approximate surface area is 217 Å². The Kier molecular flexibility index (Phi) is 8.21. The first-order valence-electron chi connectivity index (χ1n) is 12.0. The summed E-state index contributed by atoms with van der Waals surface area (Å²) in [6, 6.07) is 25.4. The summed E-state index contributed by atoms with van der Waals surface area (Å²) >= 11 is 6.49. The first-order valence-corrected chi connectivity index (χ1v) is 12.3. The maximum absolute atomic E-state index is 12.6. The standard InChI is InChI=1S/C29H31ClN4O2/c1-20(19-35)26-18-28(34(32-26)27-10-5-4-9-25(27)30)22-13-11-21(12-14-22)23-7-6-8-24(17-23)29(36)31-15-16-33(2)3/h4-14,17-18,20,35H,15-16,19H2,1-3H3,(H,31,36). The number of aliphatic hydroxyl groups is 1. The van der Waals surface area contributed by atoms with E-state index in [0.717, 1.165) is 40.3 Å². The smallest absolute Gasteiger partial charge is 0.251 e. The van der Waals surface area contributed by atoms with E-state index in [0.29, 0.717) is 17.1 Å². The van der Waals surface area contributed by atoms with E-state index in [-0.39, 0.29) is 18.4 Å². The van der Waals surface area contributed by atoms with Gasteiger partial charge in [0.05, 0.1) is 28.7 Å². The predicted molar refractivity (Wildman–Crippen MR) is 146 cm³/mol. The van der Waals surface area contributed by atoms with E-state index in [9.17, 15) is 9.90 Å². The number of aliphatic hydroxyl groups excluding tert-OH is 1. The van der Waals surface area contributed by atoms with Crippen molar-refractivity contribution in [2.75, 3.05) is 33.8 Å². The average Bonchev–Trinajstić information content (AvgIpc) is 3.33. The molecule has 0 fully saturated rings. The van der Waals surface area contributed by atoms with Gasteiger partial charge in [0.15, 0.2) is 0 Å². The number of likely N-dealkylation sites (N-methyl/N-ethyl adjacent to an activating group) is 1. The van der Waals surface area contributed by atoms with Gasteiger partial charge >= 0.3 is 0 Å². The summed E-state index contributed by atoms with van der Waals surface area (Å²) in [5.74, 6) is -0.178. The second-order valence-electron chi connectivity index (χ2n) is 9.12. The van der Waals surface area contributed by atoms with Gasteiger partial charge in [-0.05, 0) is 55.6 Å². The molecular weight excluding hydrogens is 472 g/mol. The number of carbonyl (C=O) groups excluding carboxylic acids is 1. The molecule has 0 aliphatic heterocycles. The van der Waals surface area contributed by atoms with Gasteiger partial charge in [-0.2, -0.15) is 5.10 Å². The number of aromatic nitrogens is 2. The normalized spacial score (nSPS) is 12.1. The molecule has 0 spiro atoms. The zero-order valence-corrected chi connectivity index (χ0v) is 21.5. The molecule has 7 heteroatoms. The second-order valence-corrected chi connectivity index (χ2v) is 9.53. The van der Waals surface area contributed by atoms with Crippen molar-refractivity contribution in [2.24, 2.45) is 0 Å². The van der Waals surface area contributed by atoms with Crippen molar-refractivity contribution in [3.63, 3.8) is 0 Å². The van der Waals surface area contributed by atoms with Crippen LogP contribution in [0, 0.1) is 0 Å². The fourth-order valence-corrected chi connectivity index (χ4v) is 4.13. The molecule has 2 N–H and O–H groups in total. The van der Waals surface area contributed by atoms with E-state index in [1.165, 1.54) is 0 Å². The summed E-state index contributed by atoms with van der Waals surface area (Å²) < 4.78 is 1.83. The number of hydrogen-bond acceptors (Lipinski definition) is 4.